The third-order valence-corrected chi connectivity index (χ3v) is 3.68. The summed E-state index contributed by atoms with van der Waals surface area (Å²) in [5.74, 6) is 0. The lowest BCUT2D eigenvalue weighted by Gasteiger charge is -2.36. The summed E-state index contributed by atoms with van der Waals surface area (Å²) in [5.41, 5.74) is 1.13. The van der Waals surface area contributed by atoms with Gasteiger partial charge in [-0.05, 0) is 11.6 Å². The second-order valence-corrected chi connectivity index (χ2v) is 5.64. The van der Waals surface area contributed by atoms with E-state index in [1.165, 1.54) is 0 Å². The minimum Gasteiger partial charge on any atom is -0.378 e. The summed E-state index contributed by atoms with van der Waals surface area (Å²) < 4.78 is 5.59. The zero-order valence-electron chi connectivity index (χ0n) is 11.6. The second-order valence-electron chi connectivity index (χ2n) is 5.23. The van der Waals surface area contributed by atoms with Gasteiger partial charge in [-0.2, -0.15) is 0 Å². The van der Waals surface area contributed by atoms with E-state index in [1.807, 2.05) is 6.07 Å². The van der Waals surface area contributed by atoms with Crippen LogP contribution in [0.4, 0.5) is 0 Å². The van der Waals surface area contributed by atoms with Gasteiger partial charge in [0.2, 0.25) is 0 Å². The Labute approximate surface area is 120 Å². The molecule has 0 radical (unpaired) electrons. The number of ether oxygens (including phenoxy) is 1. The van der Waals surface area contributed by atoms with Crippen molar-refractivity contribution in [2.45, 2.75) is 32.5 Å². The number of hydrogen-bond donors (Lipinski definition) is 1. The minimum absolute atomic E-state index is 0.403. The molecule has 19 heavy (non-hydrogen) atoms. The molecule has 0 bridgehead atoms. The topological polar surface area (TPSA) is 37.4 Å². The standard InChI is InChI=1S/C14H22ClN3O/c1-11(2)17-7-13-10-19-6-5-18(13)9-12-3-4-16-8-14(12)15/h3-4,8,11,13,17H,5-7,9-10H2,1-2H3. The third kappa shape index (κ3) is 4.42. The van der Waals surface area contributed by atoms with E-state index in [4.69, 9.17) is 16.3 Å². The van der Waals surface area contributed by atoms with Crippen LogP contribution in [0, 0.1) is 0 Å². The van der Waals surface area contributed by atoms with Gasteiger partial charge in [-0.25, -0.2) is 0 Å². The van der Waals surface area contributed by atoms with Crippen LogP contribution < -0.4 is 5.32 Å². The minimum atomic E-state index is 0.403. The van der Waals surface area contributed by atoms with Crippen molar-refractivity contribution < 1.29 is 4.74 Å². The summed E-state index contributed by atoms with van der Waals surface area (Å²) in [4.78, 5) is 6.46. The lowest BCUT2D eigenvalue weighted by molar-refractivity contribution is -0.0114. The van der Waals surface area contributed by atoms with Crippen molar-refractivity contribution in [1.29, 1.82) is 0 Å². The van der Waals surface area contributed by atoms with Gasteiger partial charge in [-0.1, -0.05) is 25.4 Å². The first-order valence-corrected chi connectivity index (χ1v) is 7.18. The predicted octanol–water partition coefficient (Wildman–Crippen LogP) is 1.93. The number of hydrogen-bond acceptors (Lipinski definition) is 4. The Morgan fingerprint density at radius 3 is 3.16 bits per heavy atom. The zero-order chi connectivity index (χ0) is 13.7. The Kier molecular flexibility index (Phi) is 5.58. The molecule has 1 aliphatic rings. The number of rotatable bonds is 5. The molecule has 0 aliphatic carbocycles. The van der Waals surface area contributed by atoms with E-state index in [-0.39, 0.29) is 0 Å². The summed E-state index contributed by atoms with van der Waals surface area (Å²) >= 11 is 6.18. The number of halogens is 1. The van der Waals surface area contributed by atoms with Crippen LogP contribution in [0.1, 0.15) is 19.4 Å². The molecule has 5 heteroatoms. The molecule has 2 heterocycles. The fourth-order valence-electron chi connectivity index (χ4n) is 2.21. The zero-order valence-corrected chi connectivity index (χ0v) is 12.4. The van der Waals surface area contributed by atoms with Crippen molar-refractivity contribution in [2.75, 3.05) is 26.3 Å². The number of nitrogens with zero attached hydrogens (tertiary/aromatic N) is 2. The van der Waals surface area contributed by atoms with Gasteiger partial charge in [0.25, 0.3) is 0 Å². The molecule has 1 unspecified atom stereocenters. The molecule has 1 N–H and O–H groups in total. The monoisotopic (exact) mass is 283 g/mol. The second kappa shape index (κ2) is 7.20. The van der Waals surface area contributed by atoms with Crippen molar-refractivity contribution >= 4 is 11.6 Å². The van der Waals surface area contributed by atoms with Crippen LogP contribution in [0.2, 0.25) is 5.02 Å². The van der Waals surface area contributed by atoms with Gasteiger partial charge in [-0.15, -0.1) is 0 Å². The van der Waals surface area contributed by atoms with Gasteiger partial charge >= 0.3 is 0 Å². The van der Waals surface area contributed by atoms with E-state index >= 15 is 0 Å². The van der Waals surface area contributed by atoms with Gasteiger partial charge < -0.3 is 10.1 Å². The summed E-state index contributed by atoms with van der Waals surface area (Å²) in [6.45, 7) is 8.64. The maximum atomic E-state index is 6.18. The molecule has 2 rings (SSSR count). The van der Waals surface area contributed by atoms with Crippen LogP contribution in [-0.4, -0.2) is 48.3 Å². The van der Waals surface area contributed by atoms with Gasteiger partial charge in [-0.3, -0.25) is 9.88 Å². The molecule has 0 saturated carbocycles. The number of pyridine rings is 1. The van der Waals surface area contributed by atoms with Gasteiger partial charge in [0.05, 0.1) is 18.2 Å². The average Bonchev–Trinajstić information content (AvgIpc) is 2.40. The quantitative estimate of drug-likeness (QED) is 0.896. The number of nitrogens with one attached hydrogen (secondary N) is 1. The normalized spacial score (nSPS) is 20.9. The van der Waals surface area contributed by atoms with Crippen LogP contribution in [0.25, 0.3) is 0 Å². The van der Waals surface area contributed by atoms with Crippen LogP contribution in [0.5, 0.6) is 0 Å². The average molecular weight is 284 g/mol. The Balaban J connectivity index is 1.97. The van der Waals surface area contributed by atoms with Crippen LogP contribution in [-0.2, 0) is 11.3 Å². The van der Waals surface area contributed by atoms with Gasteiger partial charge in [0, 0.05) is 44.1 Å². The SMILES string of the molecule is CC(C)NCC1COCCN1Cc1ccncc1Cl. The Bertz CT molecular complexity index is 400. The van der Waals surface area contributed by atoms with Crippen molar-refractivity contribution in [2.24, 2.45) is 0 Å². The van der Waals surface area contributed by atoms with Crippen molar-refractivity contribution in [3.63, 3.8) is 0 Å². The van der Waals surface area contributed by atoms with Crippen molar-refractivity contribution in [3.05, 3.63) is 29.0 Å². The molecule has 0 aromatic carbocycles. The highest BCUT2D eigenvalue weighted by atomic mass is 35.5. The molecule has 106 valence electrons. The maximum absolute atomic E-state index is 6.18. The van der Waals surface area contributed by atoms with E-state index in [0.29, 0.717) is 12.1 Å². The molecule has 1 fully saturated rings. The molecule has 0 spiro atoms. The fraction of sp³-hybridized carbons (Fsp3) is 0.643. The van der Waals surface area contributed by atoms with E-state index < -0.39 is 0 Å². The Morgan fingerprint density at radius 1 is 1.58 bits per heavy atom. The van der Waals surface area contributed by atoms with Crippen molar-refractivity contribution in [3.8, 4) is 0 Å². The van der Waals surface area contributed by atoms with Crippen LogP contribution in [0.3, 0.4) is 0 Å². The Hall–Kier alpha value is -0.680. The molecule has 1 aliphatic heterocycles. The molecule has 1 saturated heterocycles. The molecule has 0 amide bonds. The van der Waals surface area contributed by atoms with E-state index in [1.54, 1.807) is 12.4 Å². The molecule has 1 atom stereocenters. The number of morpholine rings is 1. The van der Waals surface area contributed by atoms with Crippen LogP contribution >= 0.6 is 11.6 Å². The summed E-state index contributed by atoms with van der Waals surface area (Å²) in [7, 11) is 0. The van der Waals surface area contributed by atoms with E-state index in [9.17, 15) is 0 Å². The summed E-state index contributed by atoms with van der Waals surface area (Å²) in [5, 5.41) is 4.22. The number of aromatic nitrogens is 1. The fourth-order valence-corrected chi connectivity index (χ4v) is 2.39. The van der Waals surface area contributed by atoms with Crippen LogP contribution in [0.15, 0.2) is 18.5 Å². The largest absolute Gasteiger partial charge is 0.378 e. The summed E-state index contributed by atoms with van der Waals surface area (Å²) in [6.07, 6.45) is 3.50. The maximum Gasteiger partial charge on any atom is 0.0635 e. The van der Waals surface area contributed by atoms with E-state index in [2.05, 4.69) is 29.0 Å². The van der Waals surface area contributed by atoms with Crippen molar-refractivity contribution in [1.82, 2.24) is 15.2 Å². The smallest absolute Gasteiger partial charge is 0.0635 e. The molecular weight excluding hydrogens is 262 g/mol. The lowest BCUT2D eigenvalue weighted by atomic mass is 10.1. The first-order chi connectivity index (χ1) is 9.16. The summed E-state index contributed by atoms with van der Waals surface area (Å²) in [6, 6.07) is 2.89. The Morgan fingerprint density at radius 2 is 2.42 bits per heavy atom. The third-order valence-electron chi connectivity index (χ3n) is 3.34. The molecule has 4 nitrogen and oxygen atoms in total. The molecular formula is C14H22ClN3O. The van der Waals surface area contributed by atoms with Gasteiger partial charge in [0.15, 0.2) is 0 Å². The molecule has 1 aromatic heterocycles. The van der Waals surface area contributed by atoms with Gasteiger partial charge in [0.1, 0.15) is 0 Å². The predicted molar refractivity (Wildman–Crippen MR) is 77.4 cm³/mol. The molecule has 1 aromatic rings. The highest BCUT2D eigenvalue weighted by Crippen LogP contribution is 2.18. The first kappa shape index (κ1) is 14.7. The first-order valence-electron chi connectivity index (χ1n) is 6.80. The highest BCUT2D eigenvalue weighted by molar-refractivity contribution is 6.31. The lowest BCUT2D eigenvalue weighted by Crippen LogP contribution is -2.50. The van der Waals surface area contributed by atoms with E-state index in [0.717, 1.165) is 43.4 Å². The highest BCUT2D eigenvalue weighted by Gasteiger charge is 2.23.